The molecule has 0 aliphatic carbocycles. The molecule has 0 unspecified atom stereocenters. The molecule has 0 aliphatic rings. The predicted octanol–water partition coefficient (Wildman–Crippen LogP) is 3.52. The molecule has 1 aromatic carbocycles. The minimum atomic E-state index is -3.24. The van der Waals surface area contributed by atoms with Gasteiger partial charge in [0.1, 0.15) is 5.75 Å². The summed E-state index contributed by atoms with van der Waals surface area (Å²) < 4.78 is 46.9. The fourth-order valence-corrected chi connectivity index (χ4v) is 1.47. The first kappa shape index (κ1) is 14.6. The zero-order chi connectivity index (χ0) is 15.4. The summed E-state index contributed by atoms with van der Waals surface area (Å²) in [6.07, 6.45) is 1.20. The van der Waals surface area contributed by atoms with E-state index in [2.05, 4.69) is 9.72 Å². The van der Waals surface area contributed by atoms with E-state index in [4.69, 9.17) is 4.74 Å². The van der Waals surface area contributed by atoms with Crippen molar-refractivity contribution in [2.24, 2.45) is 0 Å². The van der Waals surface area contributed by atoms with Gasteiger partial charge in [-0.3, -0.25) is 10.1 Å². The maximum absolute atomic E-state index is 13.3. The number of nitrogens with zero attached hydrogens (tertiary/aromatic N) is 2. The number of ether oxygens (including phenoxy) is 2. The molecule has 0 saturated heterocycles. The van der Waals surface area contributed by atoms with Crippen LogP contribution in [0.4, 0.5) is 18.9 Å². The van der Waals surface area contributed by atoms with Crippen LogP contribution in [0.5, 0.6) is 17.2 Å². The average molecular weight is 300 g/mol. The molecule has 1 heterocycles. The molecule has 0 fully saturated rings. The third-order valence-corrected chi connectivity index (χ3v) is 2.30. The average Bonchev–Trinajstić information content (AvgIpc) is 2.40. The van der Waals surface area contributed by atoms with Crippen molar-refractivity contribution in [3.05, 3.63) is 52.6 Å². The summed E-state index contributed by atoms with van der Waals surface area (Å²) in [5, 5.41) is 10.7. The number of nitro benzene ring substituents is 1. The van der Waals surface area contributed by atoms with E-state index in [1.165, 1.54) is 18.3 Å². The van der Waals surface area contributed by atoms with Gasteiger partial charge in [0.25, 0.3) is 5.95 Å². The quantitative estimate of drug-likeness (QED) is 0.480. The van der Waals surface area contributed by atoms with Gasteiger partial charge in [0.05, 0.1) is 4.92 Å². The molecular formula is C12H7F3N2O4. The molecule has 21 heavy (non-hydrogen) atoms. The van der Waals surface area contributed by atoms with Gasteiger partial charge in [0.2, 0.25) is 5.75 Å². The van der Waals surface area contributed by atoms with Gasteiger partial charge in [-0.15, -0.1) is 0 Å². The lowest BCUT2D eigenvalue weighted by Crippen LogP contribution is -2.04. The molecule has 0 bridgehead atoms. The Morgan fingerprint density at radius 1 is 1.24 bits per heavy atom. The summed E-state index contributed by atoms with van der Waals surface area (Å²) in [5.74, 6) is -1.96. The second kappa shape index (κ2) is 6.07. The number of hydrogen-bond acceptors (Lipinski definition) is 5. The molecule has 0 atom stereocenters. The maximum Gasteiger partial charge on any atom is 0.387 e. The predicted molar refractivity (Wildman–Crippen MR) is 64.0 cm³/mol. The van der Waals surface area contributed by atoms with Crippen LogP contribution in [0.15, 0.2) is 36.5 Å². The topological polar surface area (TPSA) is 74.5 Å². The first-order valence-electron chi connectivity index (χ1n) is 5.49. The molecule has 6 nitrogen and oxygen atoms in total. The van der Waals surface area contributed by atoms with E-state index in [9.17, 15) is 23.3 Å². The van der Waals surface area contributed by atoms with Crippen LogP contribution in [0.2, 0.25) is 0 Å². The van der Waals surface area contributed by atoms with Crippen LogP contribution in [0.1, 0.15) is 0 Å². The van der Waals surface area contributed by atoms with Gasteiger partial charge in [-0.2, -0.15) is 13.2 Å². The van der Waals surface area contributed by atoms with Crippen LogP contribution < -0.4 is 9.47 Å². The highest BCUT2D eigenvalue weighted by Gasteiger charge is 2.20. The molecule has 110 valence electrons. The summed E-state index contributed by atoms with van der Waals surface area (Å²) in [6.45, 7) is -3.24. The minimum Gasteiger partial charge on any atom is -0.452 e. The normalized spacial score (nSPS) is 10.5. The zero-order valence-electron chi connectivity index (χ0n) is 10.2. The number of halogens is 3. The largest absolute Gasteiger partial charge is 0.452 e. The monoisotopic (exact) mass is 300 g/mol. The van der Waals surface area contributed by atoms with Crippen molar-refractivity contribution in [1.29, 1.82) is 0 Å². The molecule has 0 spiro atoms. The van der Waals surface area contributed by atoms with Crippen LogP contribution in [0.25, 0.3) is 0 Å². The fourth-order valence-electron chi connectivity index (χ4n) is 1.47. The lowest BCUT2D eigenvalue weighted by atomic mass is 10.3. The standard InChI is InChI=1S/C12H7F3N2O4/c13-11-9(2-1-5-16-11)20-7-3-4-8(17(18)19)10(6-7)21-12(14)15/h1-6,12H. The van der Waals surface area contributed by atoms with Crippen molar-refractivity contribution in [3.8, 4) is 17.2 Å². The zero-order valence-corrected chi connectivity index (χ0v) is 10.2. The third kappa shape index (κ3) is 3.59. The van der Waals surface area contributed by atoms with Gasteiger partial charge >= 0.3 is 12.3 Å². The Labute approximate surface area is 115 Å². The van der Waals surface area contributed by atoms with Crippen LogP contribution in [-0.4, -0.2) is 16.5 Å². The second-order valence-electron chi connectivity index (χ2n) is 3.66. The van der Waals surface area contributed by atoms with Crippen molar-refractivity contribution in [2.45, 2.75) is 6.61 Å². The van der Waals surface area contributed by atoms with E-state index in [0.29, 0.717) is 0 Å². The Hall–Kier alpha value is -2.84. The molecule has 0 saturated carbocycles. The Balaban J connectivity index is 2.33. The summed E-state index contributed by atoms with van der Waals surface area (Å²) in [5.41, 5.74) is -0.658. The molecule has 2 aromatic rings. The van der Waals surface area contributed by atoms with Gasteiger partial charge < -0.3 is 9.47 Å². The molecular weight excluding hydrogens is 293 g/mol. The number of pyridine rings is 1. The number of nitro groups is 1. The molecule has 0 amide bonds. The highest BCUT2D eigenvalue weighted by atomic mass is 19.3. The van der Waals surface area contributed by atoms with Gasteiger partial charge in [-0.1, -0.05) is 0 Å². The summed E-state index contributed by atoms with van der Waals surface area (Å²) in [4.78, 5) is 13.2. The van der Waals surface area contributed by atoms with Crippen molar-refractivity contribution in [3.63, 3.8) is 0 Å². The summed E-state index contributed by atoms with van der Waals surface area (Å²) >= 11 is 0. The van der Waals surface area contributed by atoms with E-state index in [0.717, 1.165) is 18.2 Å². The van der Waals surface area contributed by atoms with Crippen LogP contribution in [-0.2, 0) is 0 Å². The number of rotatable bonds is 5. The minimum absolute atomic E-state index is 0.108. The Kier molecular flexibility index (Phi) is 4.21. The Morgan fingerprint density at radius 3 is 2.62 bits per heavy atom. The van der Waals surface area contributed by atoms with Gasteiger partial charge in [-0.25, -0.2) is 4.98 Å². The molecule has 0 aliphatic heterocycles. The lowest BCUT2D eigenvalue weighted by Gasteiger charge is -2.09. The first-order valence-corrected chi connectivity index (χ1v) is 5.49. The van der Waals surface area contributed by atoms with Crippen LogP contribution in [0.3, 0.4) is 0 Å². The van der Waals surface area contributed by atoms with Crippen LogP contribution in [0, 0.1) is 16.1 Å². The highest BCUT2D eigenvalue weighted by molar-refractivity contribution is 5.51. The summed E-state index contributed by atoms with van der Waals surface area (Å²) in [7, 11) is 0. The van der Waals surface area contributed by atoms with Crippen molar-refractivity contribution >= 4 is 5.69 Å². The van der Waals surface area contributed by atoms with Crippen LogP contribution >= 0.6 is 0 Å². The van der Waals surface area contributed by atoms with E-state index in [1.807, 2.05) is 0 Å². The molecule has 0 N–H and O–H groups in total. The molecule has 9 heteroatoms. The number of hydrogen-bond donors (Lipinski definition) is 0. The Bertz CT molecular complexity index is 667. The maximum atomic E-state index is 13.3. The second-order valence-corrected chi connectivity index (χ2v) is 3.66. The Morgan fingerprint density at radius 2 is 2.00 bits per heavy atom. The van der Waals surface area contributed by atoms with E-state index in [1.54, 1.807) is 0 Å². The van der Waals surface area contributed by atoms with Gasteiger partial charge in [-0.05, 0) is 18.2 Å². The van der Waals surface area contributed by atoms with E-state index in [-0.39, 0.29) is 11.5 Å². The third-order valence-electron chi connectivity index (χ3n) is 2.30. The summed E-state index contributed by atoms with van der Waals surface area (Å²) in [6, 6.07) is 5.58. The van der Waals surface area contributed by atoms with Crippen molar-refractivity contribution < 1.29 is 27.6 Å². The smallest absolute Gasteiger partial charge is 0.387 e. The highest BCUT2D eigenvalue weighted by Crippen LogP contribution is 2.34. The SMILES string of the molecule is O=[N+]([O-])c1ccc(Oc2cccnc2F)cc1OC(F)F. The van der Waals surface area contributed by atoms with Crippen molar-refractivity contribution in [2.75, 3.05) is 0 Å². The molecule has 0 radical (unpaired) electrons. The van der Waals surface area contributed by atoms with Gasteiger partial charge in [0.15, 0.2) is 5.75 Å². The number of aromatic nitrogens is 1. The fraction of sp³-hybridized carbons (Fsp3) is 0.0833. The first-order chi connectivity index (χ1) is 9.97. The van der Waals surface area contributed by atoms with Crippen molar-refractivity contribution in [1.82, 2.24) is 4.98 Å². The number of benzene rings is 1. The lowest BCUT2D eigenvalue weighted by molar-refractivity contribution is -0.386. The molecule has 1 aromatic heterocycles. The van der Waals surface area contributed by atoms with E-state index >= 15 is 0 Å². The van der Waals surface area contributed by atoms with Gasteiger partial charge in [0, 0.05) is 18.3 Å². The molecule has 2 rings (SSSR count). The van der Waals surface area contributed by atoms with E-state index < -0.39 is 28.9 Å². The number of alkyl halides is 2.